The molecule has 2 aliphatic rings. The number of piperidine rings is 1. The van der Waals surface area contributed by atoms with Crippen LogP contribution >= 0.6 is 0 Å². The maximum atomic E-state index is 5.36. The van der Waals surface area contributed by atoms with Crippen LogP contribution in [0.15, 0.2) is 24.4 Å². The van der Waals surface area contributed by atoms with E-state index in [0.717, 1.165) is 19.1 Å². The second-order valence-electron chi connectivity index (χ2n) is 6.43. The molecular formula is C16H25N3O. The van der Waals surface area contributed by atoms with E-state index in [9.17, 15) is 0 Å². The Morgan fingerprint density at radius 3 is 2.95 bits per heavy atom. The third-order valence-corrected chi connectivity index (χ3v) is 4.90. The Morgan fingerprint density at radius 1 is 1.40 bits per heavy atom. The molecule has 2 fully saturated rings. The molecule has 4 heteroatoms. The summed E-state index contributed by atoms with van der Waals surface area (Å²) in [6, 6.07) is 6.16. The number of nitrogens with zero attached hydrogens (tertiary/aromatic N) is 3. The molecule has 0 saturated carbocycles. The fraction of sp³-hybridized carbons (Fsp3) is 0.688. The van der Waals surface area contributed by atoms with Gasteiger partial charge in [-0.2, -0.15) is 0 Å². The van der Waals surface area contributed by atoms with Crippen LogP contribution in [0, 0.1) is 5.92 Å². The van der Waals surface area contributed by atoms with Crippen LogP contribution in [-0.4, -0.2) is 60.7 Å². The molecule has 1 aromatic rings. The minimum absolute atomic E-state index is 0.385. The van der Waals surface area contributed by atoms with Crippen LogP contribution in [0.1, 0.15) is 18.5 Å². The third-order valence-electron chi connectivity index (χ3n) is 4.90. The normalized spacial score (nSPS) is 26.6. The van der Waals surface area contributed by atoms with E-state index < -0.39 is 0 Å². The largest absolute Gasteiger partial charge is 0.384 e. The highest BCUT2D eigenvalue weighted by Gasteiger charge is 2.49. The van der Waals surface area contributed by atoms with Gasteiger partial charge in [-0.3, -0.25) is 14.8 Å². The smallest absolute Gasteiger partial charge is 0.0543 e. The van der Waals surface area contributed by atoms with Gasteiger partial charge in [-0.25, -0.2) is 0 Å². The summed E-state index contributed by atoms with van der Waals surface area (Å²) in [5.74, 6) is 0.730. The number of aromatic nitrogens is 1. The Morgan fingerprint density at radius 2 is 2.25 bits per heavy atom. The van der Waals surface area contributed by atoms with E-state index in [4.69, 9.17) is 4.74 Å². The fourth-order valence-corrected chi connectivity index (χ4v) is 3.78. The molecule has 0 amide bonds. The molecule has 0 aliphatic carbocycles. The molecule has 3 heterocycles. The number of rotatable bonds is 4. The lowest BCUT2D eigenvalue weighted by molar-refractivity contribution is -0.0909. The van der Waals surface area contributed by atoms with Gasteiger partial charge in [-0.05, 0) is 44.5 Å². The number of hydrogen-bond acceptors (Lipinski definition) is 4. The summed E-state index contributed by atoms with van der Waals surface area (Å²) in [6.45, 7) is 5.42. The van der Waals surface area contributed by atoms with Gasteiger partial charge in [0.15, 0.2) is 0 Å². The van der Waals surface area contributed by atoms with Gasteiger partial charge in [0, 0.05) is 45.1 Å². The maximum absolute atomic E-state index is 5.36. The highest BCUT2D eigenvalue weighted by Crippen LogP contribution is 2.38. The second kappa shape index (κ2) is 5.80. The highest BCUT2D eigenvalue weighted by atomic mass is 16.5. The number of pyridine rings is 1. The molecule has 0 N–H and O–H groups in total. The van der Waals surface area contributed by atoms with Crippen molar-refractivity contribution < 1.29 is 4.74 Å². The number of hydrogen-bond donors (Lipinski definition) is 0. The highest BCUT2D eigenvalue weighted by molar-refractivity contribution is 5.10. The zero-order valence-electron chi connectivity index (χ0n) is 12.6. The first kappa shape index (κ1) is 14.0. The third kappa shape index (κ3) is 2.73. The first-order valence-corrected chi connectivity index (χ1v) is 7.54. The average Bonchev–Trinajstić information content (AvgIpc) is 2.42. The zero-order valence-corrected chi connectivity index (χ0v) is 12.6. The van der Waals surface area contributed by atoms with E-state index in [0.29, 0.717) is 5.54 Å². The van der Waals surface area contributed by atoms with Gasteiger partial charge in [0.2, 0.25) is 0 Å². The molecule has 2 aliphatic heterocycles. The molecule has 4 nitrogen and oxygen atoms in total. The molecule has 1 atom stereocenters. The van der Waals surface area contributed by atoms with Gasteiger partial charge >= 0.3 is 0 Å². The molecule has 0 radical (unpaired) electrons. The number of likely N-dealkylation sites (tertiary alicyclic amines) is 2. The Labute approximate surface area is 121 Å². The van der Waals surface area contributed by atoms with Crippen LogP contribution in [0.4, 0.5) is 0 Å². The zero-order chi connectivity index (χ0) is 14.0. The molecule has 2 saturated heterocycles. The first-order chi connectivity index (χ1) is 9.72. The van der Waals surface area contributed by atoms with E-state index in [1.807, 2.05) is 19.4 Å². The maximum Gasteiger partial charge on any atom is 0.0543 e. The van der Waals surface area contributed by atoms with Crippen molar-refractivity contribution in [1.29, 1.82) is 0 Å². The minimum atomic E-state index is 0.385. The quantitative estimate of drug-likeness (QED) is 0.835. The van der Waals surface area contributed by atoms with Gasteiger partial charge < -0.3 is 4.74 Å². The second-order valence-corrected chi connectivity index (χ2v) is 6.43. The molecule has 1 aromatic heterocycles. The van der Waals surface area contributed by atoms with Crippen molar-refractivity contribution in [3.05, 3.63) is 30.1 Å². The van der Waals surface area contributed by atoms with Crippen LogP contribution in [0.5, 0.6) is 0 Å². The summed E-state index contributed by atoms with van der Waals surface area (Å²) in [6.07, 6.45) is 4.43. The van der Waals surface area contributed by atoms with Crippen molar-refractivity contribution in [2.75, 3.05) is 40.4 Å². The summed E-state index contributed by atoms with van der Waals surface area (Å²) in [5.41, 5.74) is 1.56. The van der Waals surface area contributed by atoms with Crippen molar-refractivity contribution >= 4 is 0 Å². The van der Waals surface area contributed by atoms with Crippen molar-refractivity contribution in [3.63, 3.8) is 0 Å². The molecule has 0 aromatic carbocycles. The summed E-state index contributed by atoms with van der Waals surface area (Å²) >= 11 is 0. The fourth-order valence-electron chi connectivity index (χ4n) is 3.78. The predicted octanol–water partition coefficient (Wildman–Crippen LogP) is 1.62. The number of likely N-dealkylation sites (N-methyl/N-ethyl adjacent to an activating group) is 1. The van der Waals surface area contributed by atoms with Crippen molar-refractivity contribution in [2.24, 2.45) is 5.92 Å². The van der Waals surface area contributed by atoms with Gasteiger partial charge in [0.05, 0.1) is 5.69 Å². The van der Waals surface area contributed by atoms with Gasteiger partial charge in [-0.15, -0.1) is 0 Å². The van der Waals surface area contributed by atoms with Crippen molar-refractivity contribution in [3.8, 4) is 0 Å². The Hall–Kier alpha value is -0.970. The van der Waals surface area contributed by atoms with Crippen LogP contribution in [0.3, 0.4) is 0 Å². The first-order valence-electron chi connectivity index (χ1n) is 7.54. The topological polar surface area (TPSA) is 28.6 Å². The van der Waals surface area contributed by atoms with Gasteiger partial charge in [0.1, 0.15) is 0 Å². The number of ether oxygens (including phenoxy) is 1. The molecule has 1 spiro atoms. The Bertz CT molecular complexity index is 431. The minimum Gasteiger partial charge on any atom is -0.384 e. The summed E-state index contributed by atoms with van der Waals surface area (Å²) in [5, 5.41) is 0. The monoisotopic (exact) mass is 275 g/mol. The number of methoxy groups -OCH3 is 1. The Balaban J connectivity index is 1.56. The lowest BCUT2D eigenvalue weighted by Crippen LogP contribution is -2.71. The van der Waals surface area contributed by atoms with Crippen LogP contribution in [0.2, 0.25) is 0 Å². The predicted molar refractivity (Wildman–Crippen MR) is 79.5 cm³/mol. The molecule has 0 unspecified atom stereocenters. The van der Waals surface area contributed by atoms with Crippen molar-refractivity contribution in [1.82, 2.24) is 14.8 Å². The summed E-state index contributed by atoms with van der Waals surface area (Å²) in [7, 11) is 4.10. The van der Waals surface area contributed by atoms with E-state index in [1.165, 1.54) is 38.2 Å². The lowest BCUT2D eigenvalue weighted by atomic mass is 9.75. The molecule has 110 valence electrons. The molecule has 0 bridgehead atoms. The van der Waals surface area contributed by atoms with E-state index in [2.05, 4.69) is 34.0 Å². The molecular weight excluding hydrogens is 250 g/mol. The Kier molecular flexibility index (Phi) is 4.06. The lowest BCUT2D eigenvalue weighted by Gasteiger charge is -2.58. The van der Waals surface area contributed by atoms with Gasteiger partial charge in [-0.1, -0.05) is 6.07 Å². The van der Waals surface area contributed by atoms with Crippen molar-refractivity contribution in [2.45, 2.75) is 24.9 Å². The van der Waals surface area contributed by atoms with Crippen LogP contribution < -0.4 is 0 Å². The average molecular weight is 275 g/mol. The van der Waals surface area contributed by atoms with E-state index in [1.54, 1.807) is 0 Å². The van der Waals surface area contributed by atoms with E-state index in [-0.39, 0.29) is 0 Å². The molecule has 20 heavy (non-hydrogen) atoms. The molecule has 3 rings (SSSR count). The SMILES string of the molecule is COC[C@@H]1CCN(C)C2(C1)CN(Cc1ccccn1)C2. The standard InChI is InChI=1S/C16H25N3O/c1-18-8-6-14(11-20-2)9-16(18)12-19(13-16)10-15-5-3-4-7-17-15/h3-5,7,14H,6,8-13H2,1-2H3/t14-/m1/s1. The van der Waals surface area contributed by atoms with E-state index >= 15 is 0 Å². The summed E-state index contributed by atoms with van der Waals surface area (Å²) in [4.78, 5) is 9.49. The van der Waals surface area contributed by atoms with Crippen LogP contribution in [-0.2, 0) is 11.3 Å². The van der Waals surface area contributed by atoms with Gasteiger partial charge in [0.25, 0.3) is 0 Å². The summed E-state index contributed by atoms with van der Waals surface area (Å²) < 4.78 is 5.36. The van der Waals surface area contributed by atoms with Crippen LogP contribution in [0.25, 0.3) is 0 Å².